The number of carboxylic acid groups (broad SMARTS) is 1. The normalized spacial score (nSPS) is 19.0. The summed E-state index contributed by atoms with van der Waals surface area (Å²) in [7, 11) is 0. The quantitative estimate of drug-likeness (QED) is 0.822. The Morgan fingerprint density at radius 3 is 3.05 bits per heavy atom. The van der Waals surface area contributed by atoms with Gasteiger partial charge in [-0.15, -0.1) is 11.3 Å². The number of aliphatic carboxylic acids is 1. The van der Waals surface area contributed by atoms with Crippen LogP contribution in [0.15, 0.2) is 11.4 Å². The second kappa shape index (κ2) is 6.93. The summed E-state index contributed by atoms with van der Waals surface area (Å²) in [5, 5.41) is 13.8. The summed E-state index contributed by atoms with van der Waals surface area (Å²) < 4.78 is 0. The maximum absolute atomic E-state index is 12.2. The Morgan fingerprint density at radius 1 is 1.57 bits per heavy atom. The van der Waals surface area contributed by atoms with E-state index in [4.69, 9.17) is 5.11 Å². The number of urea groups is 1. The van der Waals surface area contributed by atoms with Gasteiger partial charge in [-0.3, -0.25) is 4.79 Å². The highest BCUT2D eigenvalue weighted by Gasteiger charge is 2.27. The molecular weight excluding hydrogens is 288 g/mol. The van der Waals surface area contributed by atoms with Gasteiger partial charge in [0.2, 0.25) is 0 Å². The van der Waals surface area contributed by atoms with Crippen LogP contribution < -0.4 is 5.32 Å². The summed E-state index contributed by atoms with van der Waals surface area (Å²) in [4.78, 5) is 26.2. The summed E-state index contributed by atoms with van der Waals surface area (Å²) in [6.45, 7) is 5.01. The molecule has 1 aromatic rings. The molecule has 1 aliphatic rings. The number of carbonyl (C=O) groups excluding carboxylic acids is 1. The zero-order valence-electron chi connectivity index (χ0n) is 12.5. The van der Waals surface area contributed by atoms with Crippen LogP contribution in [-0.4, -0.2) is 35.1 Å². The van der Waals surface area contributed by atoms with Crippen molar-refractivity contribution in [2.24, 2.45) is 5.92 Å². The average molecular weight is 310 g/mol. The van der Waals surface area contributed by atoms with E-state index in [1.165, 1.54) is 10.4 Å². The fraction of sp³-hybridized carbons (Fsp3) is 0.600. The molecular formula is C15H22N2O3S. The Morgan fingerprint density at radius 2 is 2.33 bits per heavy atom. The first-order chi connectivity index (χ1) is 10.0. The van der Waals surface area contributed by atoms with E-state index in [9.17, 15) is 9.59 Å². The first kappa shape index (κ1) is 15.8. The van der Waals surface area contributed by atoms with E-state index in [1.54, 1.807) is 18.3 Å². The number of carboxylic acids is 1. The molecule has 1 aliphatic heterocycles. The van der Waals surface area contributed by atoms with Crippen molar-refractivity contribution in [3.05, 3.63) is 21.9 Å². The maximum Gasteiger partial charge on any atom is 0.317 e. The van der Waals surface area contributed by atoms with Crippen molar-refractivity contribution in [3.63, 3.8) is 0 Å². The third-order valence-corrected chi connectivity index (χ3v) is 5.05. The fourth-order valence-corrected chi connectivity index (χ4v) is 3.58. The van der Waals surface area contributed by atoms with Gasteiger partial charge in [0, 0.05) is 18.0 Å². The molecule has 2 unspecified atom stereocenters. The van der Waals surface area contributed by atoms with Gasteiger partial charge >= 0.3 is 12.0 Å². The van der Waals surface area contributed by atoms with E-state index in [1.807, 2.05) is 4.90 Å². The number of hydrogen-bond acceptors (Lipinski definition) is 3. The van der Waals surface area contributed by atoms with E-state index in [-0.39, 0.29) is 18.0 Å². The molecule has 1 aromatic heterocycles. The minimum absolute atomic E-state index is 0.0534. The summed E-state index contributed by atoms with van der Waals surface area (Å²) in [5.74, 6) is -1.14. The number of carbonyl (C=O) groups is 2. The minimum Gasteiger partial charge on any atom is -0.481 e. The van der Waals surface area contributed by atoms with Crippen molar-refractivity contribution in [2.75, 3.05) is 13.1 Å². The van der Waals surface area contributed by atoms with Gasteiger partial charge in [-0.05, 0) is 43.2 Å². The molecule has 21 heavy (non-hydrogen) atoms. The van der Waals surface area contributed by atoms with E-state index < -0.39 is 5.97 Å². The predicted octanol–water partition coefficient (Wildman–Crippen LogP) is 2.88. The van der Waals surface area contributed by atoms with E-state index in [0.717, 1.165) is 13.0 Å². The van der Waals surface area contributed by atoms with Gasteiger partial charge in [-0.1, -0.05) is 6.92 Å². The van der Waals surface area contributed by atoms with Crippen molar-refractivity contribution in [3.8, 4) is 0 Å². The second-order valence-electron chi connectivity index (χ2n) is 5.53. The Balaban J connectivity index is 1.78. The lowest BCUT2D eigenvalue weighted by Gasteiger charge is -2.33. The Kier molecular flexibility index (Phi) is 5.22. The van der Waals surface area contributed by atoms with Gasteiger partial charge in [0.15, 0.2) is 0 Å². The van der Waals surface area contributed by atoms with E-state index in [2.05, 4.69) is 23.7 Å². The second-order valence-corrected chi connectivity index (χ2v) is 6.53. The molecule has 0 aliphatic carbocycles. The molecule has 0 aromatic carbocycles. The lowest BCUT2D eigenvalue weighted by atomic mass is 10.0. The number of amides is 2. The predicted molar refractivity (Wildman–Crippen MR) is 82.6 cm³/mol. The number of fused-ring (bicyclic) bond motifs is 1. The van der Waals surface area contributed by atoms with Gasteiger partial charge in [0.05, 0.1) is 12.0 Å². The van der Waals surface area contributed by atoms with Crippen LogP contribution in [0.5, 0.6) is 0 Å². The van der Waals surface area contributed by atoms with Crippen LogP contribution in [0.2, 0.25) is 0 Å². The highest BCUT2D eigenvalue weighted by Crippen LogP contribution is 2.32. The van der Waals surface area contributed by atoms with Gasteiger partial charge < -0.3 is 15.3 Å². The topological polar surface area (TPSA) is 69.6 Å². The largest absolute Gasteiger partial charge is 0.481 e. The van der Waals surface area contributed by atoms with Gasteiger partial charge in [0.1, 0.15) is 0 Å². The average Bonchev–Trinajstić information content (AvgIpc) is 2.92. The molecule has 116 valence electrons. The Labute approximate surface area is 129 Å². The molecule has 0 saturated carbocycles. The van der Waals surface area contributed by atoms with Crippen LogP contribution >= 0.6 is 11.3 Å². The first-order valence-corrected chi connectivity index (χ1v) is 8.22. The summed E-state index contributed by atoms with van der Waals surface area (Å²) >= 11 is 1.76. The molecule has 2 amide bonds. The van der Waals surface area contributed by atoms with Crippen LogP contribution in [0.25, 0.3) is 0 Å². The molecule has 0 bridgehead atoms. The van der Waals surface area contributed by atoms with Crippen molar-refractivity contribution < 1.29 is 14.7 Å². The molecule has 0 spiro atoms. The number of rotatable bonds is 5. The molecule has 5 nitrogen and oxygen atoms in total. The highest BCUT2D eigenvalue weighted by atomic mass is 32.1. The first-order valence-electron chi connectivity index (χ1n) is 7.34. The molecule has 2 atom stereocenters. The van der Waals surface area contributed by atoms with Crippen LogP contribution in [0.1, 0.15) is 43.2 Å². The third-order valence-electron chi connectivity index (χ3n) is 4.05. The molecule has 0 radical (unpaired) electrons. The lowest BCUT2D eigenvalue weighted by Crippen LogP contribution is -2.44. The molecule has 2 rings (SSSR count). The third kappa shape index (κ3) is 3.75. The van der Waals surface area contributed by atoms with Crippen LogP contribution in [0, 0.1) is 5.92 Å². The minimum atomic E-state index is -0.782. The van der Waals surface area contributed by atoms with Crippen LogP contribution in [0.4, 0.5) is 4.79 Å². The number of nitrogens with one attached hydrogen (secondary N) is 1. The summed E-state index contributed by atoms with van der Waals surface area (Å²) in [6.07, 6.45) is 2.19. The highest BCUT2D eigenvalue weighted by molar-refractivity contribution is 7.10. The summed E-state index contributed by atoms with van der Waals surface area (Å²) in [6, 6.07) is 2.15. The van der Waals surface area contributed by atoms with E-state index >= 15 is 0 Å². The van der Waals surface area contributed by atoms with Crippen molar-refractivity contribution in [1.82, 2.24) is 10.2 Å². The van der Waals surface area contributed by atoms with Gasteiger partial charge in [-0.2, -0.15) is 0 Å². The monoisotopic (exact) mass is 310 g/mol. The molecule has 0 saturated heterocycles. The number of nitrogens with zero attached hydrogens (tertiary/aromatic N) is 1. The fourth-order valence-electron chi connectivity index (χ4n) is 2.62. The molecule has 0 fully saturated rings. The van der Waals surface area contributed by atoms with Crippen LogP contribution in [-0.2, 0) is 11.2 Å². The summed E-state index contributed by atoms with van der Waals surface area (Å²) in [5.41, 5.74) is 1.25. The number of thiophene rings is 1. The smallest absolute Gasteiger partial charge is 0.317 e. The Hall–Kier alpha value is -1.56. The molecule has 6 heteroatoms. The van der Waals surface area contributed by atoms with Gasteiger partial charge in [-0.25, -0.2) is 4.79 Å². The molecule has 2 N–H and O–H groups in total. The van der Waals surface area contributed by atoms with Crippen molar-refractivity contribution in [1.29, 1.82) is 0 Å². The van der Waals surface area contributed by atoms with Crippen molar-refractivity contribution >= 4 is 23.3 Å². The molecule has 2 heterocycles. The van der Waals surface area contributed by atoms with Crippen LogP contribution in [0.3, 0.4) is 0 Å². The number of hydrogen-bond donors (Lipinski definition) is 2. The maximum atomic E-state index is 12.2. The zero-order valence-corrected chi connectivity index (χ0v) is 13.3. The van der Waals surface area contributed by atoms with E-state index in [0.29, 0.717) is 19.4 Å². The van der Waals surface area contributed by atoms with Gasteiger partial charge in [0.25, 0.3) is 0 Å². The standard InChI is InChI=1S/C15H22N2O3S/c1-10(14(18)19)4-3-7-16-15(20)17-8-5-13-12(11(17)2)6-9-21-13/h6,9-11H,3-5,7-8H2,1-2H3,(H,16,20)(H,18,19). The zero-order chi connectivity index (χ0) is 15.4. The lowest BCUT2D eigenvalue weighted by molar-refractivity contribution is -0.141. The SMILES string of the molecule is CC(CCCNC(=O)N1CCc2sccc2C1C)C(=O)O. The Bertz CT molecular complexity index is 515. The van der Waals surface area contributed by atoms with Crippen molar-refractivity contribution in [2.45, 2.75) is 39.2 Å².